The molecule has 0 aliphatic rings. The molecular formula is C12H17NO2. The maximum Gasteiger partial charge on any atom is 0.323 e. The number of carbonyl (C=O) groups is 1. The Morgan fingerprint density at radius 2 is 2.13 bits per heavy atom. The molecule has 0 spiro atoms. The first kappa shape index (κ1) is 11.6. The van der Waals surface area contributed by atoms with Gasteiger partial charge in [0.1, 0.15) is 6.54 Å². The Kier molecular flexibility index (Phi) is 3.72. The van der Waals surface area contributed by atoms with Gasteiger partial charge < -0.3 is 10.0 Å². The highest BCUT2D eigenvalue weighted by Gasteiger charge is 2.13. The molecule has 1 aromatic carbocycles. The number of carboxylic acid groups (broad SMARTS) is 1. The van der Waals surface area contributed by atoms with E-state index >= 15 is 0 Å². The van der Waals surface area contributed by atoms with E-state index in [0.717, 1.165) is 11.3 Å². The van der Waals surface area contributed by atoms with Crippen molar-refractivity contribution in [2.24, 2.45) is 0 Å². The summed E-state index contributed by atoms with van der Waals surface area (Å²) in [6.07, 6.45) is 0. The smallest absolute Gasteiger partial charge is 0.323 e. The minimum absolute atomic E-state index is 0.0428. The molecule has 1 aromatic rings. The number of hydrogen-bond donors (Lipinski definition) is 1. The summed E-state index contributed by atoms with van der Waals surface area (Å²) in [5, 5.41) is 8.82. The van der Waals surface area contributed by atoms with Gasteiger partial charge in [0.15, 0.2) is 0 Å². The van der Waals surface area contributed by atoms with Gasteiger partial charge in [-0.1, -0.05) is 12.1 Å². The number of anilines is 1. The van der Waals surface area contributed by atoms with Gasteiger partial charge >= 0.3 is 5.97 Å². The lowest BCUT2D eigenvalue weighted by Gasteiger charge is -2.27. The van der Waals surface area contributed by atoms with E-state index < -0.39 is 5.97 Å². The molecule has 0 atom stereocenters. The third kappa shape index (κ3) is 3.27. The van der Waals surface area contributed by atoms with E-state index in [0.29, 0.717) is 0 Å². The quantitative estimate of drug-likeness (QED) is 0.823. The molecule has 0 heterocycles. The Hall–Kier alpha value is -1.51. The molecule has 0 saturated carbocycles. The summed E-state index contributed by atoms with van der Waals surface area (Å²) in [5.74, 6) is -0.801. The van der Waals surface area contributed by atoms with Gasteiger partial charge in [0.2, 0.25) is 0 Å². The van der Waals surface area contributed by atoms with Crippen molar-refractivity contribution in [2.75, 3.05) is 11.4 Å². The zero-order chi connectivity index (χ0) is 11.4. The summed E-state index contributed by atoms with van der Waals surface area (Å²) >= 11 is 0. The molecule has 0 aliphatic carbocycles. The van der Waals surface area contributed by atoms with Crippen LogP contribution in [0.2, 0.25) is 0 Å². The summed E-state index contributed by atoms with van der Waals surface area (Å²) < 4.78 is 0. The topological polar surface area (TPSA) is 40.5 Å². The molecule has 0 aliphatic heterocycles. The van der Waals surface area contributed by atoms with Crippen molar-refractivity contribution in [2.45, 2.75) is 26.8 Å². The fraction of sp³-hybridized carbons (Fsp3) is 0.417. The van der Waals surface area contributed by atoms with Crippen LogP contribution in [0.5, 0.6) is 0 Å². The summed E-state index contributed by atoms with van der Waals surface area (Å²) in [6.45, 7) is 6.03. The lowest BCUT2D eigenvalue weighted by atomic mass is 10.2. The molecule has 0 bridgehead atoms. The number of hydrogen-bond acceptors (Lipinski definition) is 2. The average molecular weight is 207 g/mol. The van der Waals surface area contributed by atoms with Crippen molar-refractivity contribution < 1.29 is 9.90 Å². The van der Waals surface area contributed by atoms with Crippen LogP contribution in [-0.2, 0) is 4.79 Å². The van der Waals surface area contributed by atoms with Crippen LogP contribution in [-0.4, -0.2) is 23.7 Å². The van der Waals surface area contributed by atoms with Crippen LogP contribution in [0.1, 0.15) is 19.4 Å². The van der Waals surface area contributed by atoms with Gasteiger partial charge in [-0.05, 0) is 38.5 Å². The minimum atomic E-state index is -0.801. The van der Waals surface area contributed by atoms with E-state index in [1.807, 2.05) is 49.9 Å². The second kappa shape index (κ2) is 4.82. The number of nitrogens with zero attached hydrogens (tertiary/aromatic N) is 1. The van der Waals surface area contributed by atoms with Gasteiger partial charge in [-0.25, -0.2) is 0 Å². The lowest BCUT2D eigenvalue weighted by molar-refractivity contribution is -0.135. The highest BCUT2D eigenvalue weighted by atomic mass is 16.4. The molecule has 1 N–H and O–H groups in total. The third-order valence-corrected chi connectivity index (χ3v) is 2.26. The molecule has 0 fully saturated rings. The maximum atomic E-state index is 10.7. The van der Waals surface area contributed by atoms with E-state index in [1.54, 1.807) is 0 Å². The first-order valence-electron chi connectivity index (χ1n) is 5.06. The minimum Gasteiger partial charge on any atom is -0.480 e. The molecule has 0 aromatic heterocycles. The Bertz CT molecular complexity index is 347. The normalized spacial score (nSPS) is 10.4. The van der Waals surface area contributed by atoms with E-state index in [9.17, 15) is 4.79 Å². The van der Waals surface area contributed by atoms with Crippen molar-refractivity contribution in [1.82, 2.24) is 0 Å². The van der Waals surface area contributed by atoms with Crippen molar-refractivity contribution in [1.29, 1.82) is 0 Å². The Morgan fingerprint density at radius 3 is 2.60 bits per heavy atom. The predicted molar refractivity (Wildman–Crippen MR) is 61.3 cm³/mol. The summed E-state index contributed by atoms with van der Waals surface area (Å²) in [7, 11) is 0. The van der Waals surface area contributed by atoms with E-state index in [1.165, 1.54) is 0 Å². The molecule has 0 radical (unpaired) electrons. The summed E-state index contributed by atoms with van der Waals surface area (Å²) in [6, 6.07) is 8.08. The molecular weight excluding hydrogens is 190 g/mol. The zero-order valence-electron chi connectivity index (χ0n) is 9.40. The molecule has 0 unspecified atom stereocenters. The highest BCUT2D eigenvalue weighted by molar-refractivity contribution is 5.74. The van der Waals surface area contributed by atoms with Crippen molar-refractivity contribution in [3.63, 3.8) is 0 Å². The van der Waals surface area contributed by atoms with Crippen LogP contribution < -0.4 is 4.90 Å². The van der Waals surface area contributed by atoms with Crippen molar-refractivity contribution in [3.8, 4) is 0 Å². The second-order valence-electron chi connectivity index (χ2n) is 3.95. The number of carboxylic acids is 1. The largest absolute Gasteiger partial charge is 0.480 e. The van der Waals surface area contributed by atoms with Crippen LogP contribution in [0.15, 0.2) is 24.3 Å². The zero-order valence-corrected chi connectivity index (χ0v) is 9.40. The fourth-order valence-electron chi connectivity index (χ4n) is 1.52. The number of aliphatic carboxylic acids is 1. The van der Waals surface area contributed by atoms with Gasteiger partial charge in [0.05, 0.1) is 0 Å². The van der Waals surface area contributed by atoms with Gasteiger partial charge in [-0.15, -0.1) is 0 Å². The number of rotatable bonds is 4. The maximum absolute atomic E-state index is 10.7. The molecule has 15 heavy (non-hydrogen) atoms. The second-order valence-corrected chi connectivity index (χ2v) is 3.95. The molecule has 3 heteroatoms. The predicted octanol–water partition coefficient (Wildman–Crippen LogP) is 2.29. The van der Waals surface area contributed by atoms with Crippen LogP contribution in [0.3, 0.4) is 0 Å². The monoisotopic (exact) mass is 207 g/mol. The van der Waals surface area contributed by atoms with E-state index in [2.05, 4.69) is 0 Å². The van der Waals surface area contributed by atoms with Gasteiger partial charge in [-0.2, -0.15) is 0 Å². The average Bonchev–Trinajstić information content (AvgIpc) is 2.13. The Morgan fingerprint density at radius 1 is 1.47 bits per heavy atom. The first-order chi connectivity index (χ1) is 7.00. The molecule has 82 valence electrons. The number of benzene rings is 1. The third-order valence-electron chi connectivity index (χ3n) is 2.26. The highest BCUT2D eigenvalue weighted by Crippen LogP contribution is 2.17. The molecule has 0 saturated heterocycles. The van der Waals surface area contributed by atoms with Crippen LogP contribution in [0, 0.1) is 6.92 Å². The van der Waals surface area contributed by atoms with E-state index in [4.69, 9.17) is 5.11 Å². The fourth-order valence-corrected chi connectivity index (χ4v) is 1.52. The van der Waals surface area contributed by atoms with Crippen LogP contribution in [0.25, 0.3) is 0 Å². The van der Waals surface area contributed by atoms with Crippen LogP contribution in [0.4, 0.5) is 5.69 Å². The Balaban J connectivity index is 2.93. The number of aryl methyl sites for hydroxylation is 1. The summed E-state index contributed by atoms with van der Waals surface area (Å²) in [5.41, 5.74) is 2.11. The van der Waals surface area contributed by atoms with Crippen molar-refractivity contribution >= 4 is 11.7 Å². The molecule has 3 nitrogen and oxygen atoms in total. The van der Waals surface area contributed by atoms with Crippen molar-refractivity contribution in [3.05, 3.63) is 29.8 Å². The van der Waals surface area contributed by atoms with Crippen LogP contribution >= 0.6 is 0 Å². The molecule has 1 rings (SSSR count). The first-order valence-corrected chi connectivity index (χ1v) is 5.06. The lowest BCUT2D eigenvalue weighted by Crippen LogP contribution is -2.35. The standard InChI is InChI=1S/C12H17NO2/c1-9(2)13(8-12(14)15)11-6-4-5-10(3)7-11/h4-7,9H,8H2,1-3H3,(H,14,15). The summed E-state index contributed by atoms with van der Waals surface area (Å²) in [4.78, 5) is 12.6. The van der Waals surface area contributed by atoms with Gasteiger partial charge in [-0.3, -0.25) is 4.79 Å². The Labute approximate surface area is 90.3 Å². The van der Waals surface area contributed by atoms with Gasteiger partial charge in [0.25, 0.3) is 0 Å². The SMILES string of the molecule is Cc1cccc(N(CC(=O)O)C(C)C)c1. The van der Waals surface area contributed by atoms with E-state index in [-0.39, 0.29) is 12.6 Å². The van der Waals surface area contributed by atoms with Gasteiger partial charge in [0, 0.05) is 11.7 Å². The molecule has 0 amide bonds.